The van der Waals surface area contributed by atoms with Crippen LogP contribution in [-0.2, 0) is 13.5 Å². The molecule has 0 amide bonds. The monoisotopic (exact) mass is 358 g/mol. The average molecular weight is 357 g/mol. The third kappa shape index (κ3) is 3.81. The molecule has 0 spiro atoms. The van der Waals surface area contributed by atoms with Crippen LogP contribution in [0.4, 0.5) is 0 Å². The van der Waals surface area contributed by atoms with Crippen molar-refractivity contribution in [2.45, 2.75) is 45.6 Å². The molecule has 0 N–H and O–H groups in total. The van der Waals surface area contributed by atoms with Crippen molar-refractivity contribution in [2.24, 2.45) is 13.0 Å². The van der Waals surface area contributed by atoms with Crippen LogP contribution in [0.5, 0.6) is 0 Å². The van der Waals surface area contributed by atoms with Crippen molar-refractivity contribution in [3.05, 3.63) is 47.2 Å². The second-order valence-corrected chi connectivity index (χ2v) is 13.5. The number of hydrogen-bond donors (Lipinski definition) is 0. The Morgan fingerprint density at radius 1 is 1.09 bits per heavy atom. The van der Waals surface area contributed by atoms with Crippen molar-refractivity contribution in [1.82, 2.24) is 0 Å². The summed E-state index contributed by atoms with van der Waals surface area (Å²) >= 11 is -1.33. The van der Waals surface area contributed by atoms with E-state index < -0.39 is 14.3 Å². The fourth-order valence-electron chi connectivity index (χ4n) is 3.24. The zero-order chi connectivity index (χ0) is 16.4. The van der Waals surface area contributed by atoms with E-state index in [9.17, 15) is 0 Å². The Hall–Kier alpha value is -1.09. The van der Waals surface area contributed by atoms with Crippen LogP contribution < -0.4 is 8.96 Å². The molecule has 1 aromatic heterocycles. The van der Waals surface area contributed by atoms with Gasteiger partial charge in [-0.05, 0) is 0 Å². The second-order valence-electron chi connectivity index (χ2n) is 7.32. The van der Waals surface area contributed by atoms with Crippen LogP contribution in [0, 0.1) is 19.8 Å². The van der Waals surface area contributed by atoms with E-state index in [0.29, 0.717) is 5.92 Å². The van der Waals surface area contributed by atoms with Crippen molar-refractivity contribution in [3.63, 3.8) is 0 Å². The molecule has 118 valence electrons. The normalized spacial score (nSPS) is 11.5. The summed E-state index contributed by atoms with van der Waals surface area (Å²) in [6.07, 6.45) is 3.58. The molecule has 0 unspecified atom stereocenters. The Bertz CT molecular complexity index is 672. The van der Waals surface area contributed by atoms with Crippen molar-refractivity contribution in [3.8, 4) is 11.3 Å². The number of aryl methyl sites for hydroxylation is 3. The Balaban J connectivity index is 2.60. The summed E-state index contributed by atoms with van der Waals surface area (Å²) in [5.74, 6) is 5.68. The summed E-state index contributed by atoms with van der Waals surface area (Å²) in [6.45, 7) is 9.02. The van der Waals surface area contributed by atoms with Gasteiger partial charge < -0.3 is 0 Å². The average Bonchev–Trinajstić information content (AvgIpc) is 2.39. The summed E-state index contributed by atoms with van der Waals surface area (Å²) in [6, 6.07) is 9.27. The summed E-state index contributed by atoms with van der Waals surface area (Å²) in [5, 5.41) is 0. The fourth-order valence-corrected chi connectivity index (χ4v) is 6.23. The van der Waals surface area contributed by atoms with E-state index in [1.165, 1.54) is 28.8 Å². The first kappa shape index (κ1) is 17.3. The molecule has 0 fully saturated rings. The fraction of sp³-hybridized carbons (Fsp3) is 0.450. The minimum atomic E-state index is -1.33. The van der Waals surface area contributed by atoms with Gasteiger partial charge in [0.25, 0.3) is 0 Å². The van der Waals surface area contributed by atoms with Crippen LogP contribution in [0.1, 0.15) is 30.5 Å². The van der Waals surface area contributed by atoms with Crippen molar-refractivity contribution < 1.29 is 4.57 Å². The number of benzene rings is 1. The van der Waals surface area contributed by atoms with E-state index in [2.05, 4.69) is 81.3 Å². The van der Waals surface area contributed by atoms with Gasteiger partial charge in [0, 0.05) is 0 Å². The standard InChI is InChI=1S/C20H30GeN/c1-14(2)10-17-13-22(7)20(12-19(17)21(5)6)18-9-8-15(3)11-16(18)4/h8-9,11-14,21H,10H2,1-7H3/q+1. The molecule has 0 atom stereocenters. The number of pyridine rings is 1. The maximum absolute atomic E-state index is 2.49. The van der Waals surface area contributed by atoms with Gasteiger partial charge in [-0.25, -0.2) is 0 Å². The van der Waals surface area contributed by atoms with Crippen LogP contribution >= 0.6 is 0 Å². The van der Waals surface area contributed by atoms with E-state index in [0.717, 1.165) is 0 Å². The van der Waals surface area contributed by atoms with Gasteiger partial charge in [0.15, 0.2) is 0 Å². The van der Waals surface area contributed by atoms with Crippen molar-refractivity contribution >= 4 is 18.7 Å². The van der Waals surface area contributed by atoms with E-state index in [-0.39, 0.29) is 0 Å². The van der Waals surface area contributed by atoms with Gasteiger partial charge >= 0.3 is 140 Å². The third-order valence-electron chi connectivity index (χ3n) is 4.30. The molecule has 2 heteroatoms. The predicted octanol–water partition coefficient (Wildman–Crippen LogP) is 3.69. The Kier molecular flexibility index (Phi) is 5.49. The molecule has 0 aliphatic carbocycles. The van der Waals surface area contributed by atoms with Crippen LogP contribution in [0.15, 0.2) is 30.5 Å². The number of aromatic nitrogens is 1. The molecule has 0 aliphatic rings. The quantitative estimate of drug-likeness (QED) is 0.581. The minimum absolute atomic E-state index is 0.715. The van der Waals surface area contributed by atoms with Gasteiger partial charge in [-0.3, -0.25) is 0 Å². The number of hydrogen-bond acceptors (Lipinski definition) is 0. The molecule has 0 radical (unpaired) electrons. The van der Waals surface area contributed by atoms with Gasteiger partial charge in [-0.2, -0.15) is 0 Å². The van der Waals surface area contributed by atoms with E-state index in [1.54, 1.807) is 9.96 Å². The number of nitrogens with zero attached hydrogens (tertiary/aromatic N) is 1. The van der Waals surface area contributed by atoms with E-state index in [4.69, 9.17) is 0 Å². The first-order valence-electron chi connectivity index (χ1n) is 8.39. The van der Waals surface area contributed by atoms with Gasteiger partial charge in [0.2, 0.25) is 0 Å². The SMILES string of the molecule is Cc1ccc(-c2c[c]([GeH]([CH3])[CH3])c(CC(C)C)c[n+]2C)c(C)c1. The molecule has 2 rings (SSSR count). The first-order chi connectivity index (χ1) is 10.3. The molecule has 22 heavy (non-hydrogen) atoms. The summed E-state index contributed by atoms with van der Waals surface area (Å²) in [4.78, 5) is 0. The second kappa shape index (κ2) is 6.99. The Morgan fingerprint density at radius 2 is 1.77 bits per heavy atom. The first-order valence-corrected chi connectivity index (χ1v) is 14.4. The van der Waals surface area contributed by atoms with Gasteiger partial charge in [-0.1, -0.05) is 0 Å². The zero-order valence-electron chi connectivity index (χ0n) is 15.2. The molecular formula is C20H30GeN+. The summed E-state index contributed by atoms with van der Waals surface area (Å²) < 4.78 is 4.00. The predicted molar refractivity (Wildman–Crippen MR) is 99.6 cm³/mol. The van der Waals surface area contributed by atoms with Gasteiger partial charge in [0.1, 0.15) is 0 Å². The molecule has 1 aromatic carbocycles. The zero-order valence-corrected chi connectivity index (χ0v) is 17.6. The molecule has 1 nitrogen and oxygen atoms in total. The van der Waals surface area contributed by atoms with Crippen LogP contribution in [0.2, 0.25) is 11.5 Å². The van der Waals surface area contributed by atoms with Crippen molar-refractivity contribution in [2.75, 3.05) is 0 Å². The molecule has 0 saturated carbocycles. The molecular weight excluding hydrogens is 327 g/mol. The van der Waals surface area contributed by atoms with Crippen LogP contribution in [0.25, 0.3) is 11.3 Å². The van der Waals surface area contributed by atoms with Gasteiger partial charge in [0.05, 0.1) is 0 Å². The topological polar surface area (TPSA) is 3.88 Å². The molecule has 1 heterocycles. The molecule has 0 aliphatic heterocycles. The maximum atomic E-state index is 2.49. The third-order valence-corrected chi connectivity index (χ3v) is 8.04. The Morgan fingerprint density at radius 3 is 2.32 bits per heavy atom. The molecule has 0 bridgehead atoms. The van der Waals surface area contributed by atoms with E-state index >= 15 is 0 Å². The van der Waals surface area contributed by atoms with Crippen LogP contribution in [0.3, 0.4) is 0 Å². The summed E-state index contributed by atoms with van der Waals surface area (Å²) in [5.41, 5.74) is 7.00. The van der Waals surface area contributed by atoms with Gasteiger partial charge in [-0.15, -0.1) is 0 Å². The molecule has 2 aromatic rings. The van der Waals surface area contributed by atoms with Crippen molar-refractivity contribution in [1.29, 1.82) is 0 Å². The number of rotatable bonds is 4. The summed E-state index contributed by atoms with van der Waals surface area (Å²) in [7, 11) is 2.19. The van der Waals surface area contributed by atoms with E-state index in [1.807, 2.05) is 0 Å². The van der Waals surface area contributed by atoms with Crippen LogP contribution in [-0.4, -0.2) is 14.3 Å². The molecule has 0 saturated heterocycles. The Labute approximate surface area is 140 Å².